The number of carboxylic acid groups (broad SMARTS) is 1. The molecule has 0 saturated heterocycles. The molecule has 1 aromatic heterocycles. The Morgan fingerprint density at radius 1 is 1.45 bits per heavy atom. The fourth-order valence-corrected chi connectivity index (χ4v) is 1.66. The van der Waals surface area contributed by atoms with Crippen molar-refractivity contribution in [2.45, 2.75) is 26.7 Å². The van der Waals surface area contributed by atoms with Crippen LogP contribution in [0.1, 0.15) is 32.3 Å². The Balaban J connectivity index is 2.56. The number of nitrogens with zero attached hydrogens (tertiary/aromatic N) is 2. The number of rotatable bonds is 6. The molecule has 1 heterocycles. The highest BCUT2D eigenvalue weighted by atomic mass is 16.4. The first-order valence-corrected chi connectivity index (χ1v) is 5.94. The lowest BCUT2D eigenvalue weighted by Crippen LogP contribution is -2.36. The largest absolute Gasteiger partial charge is 0.550 e. The van der Waals surface area contributed by atoms with E-state index in [1.165, 1.54) is 6.20 Å². The molecule has 0 unspecified atom stereocenters. The summed E-state index contributed by atoms with van der Waals surface area (Å²) in [5.41, 5.74) is 4.51. The number of aliphatic carboxylic acids is 1. The molecule has 1 amide bonds. The van der Waals surface area contributed by atoms with Crippen molar-refractivity contribution >= 4 is 17.7 Å². The number of hydrogen-bond donors (Lipinski definition) is 2. The Bertz CT molecular complexity index is 549. The fourth-order valence-electron chi connectivity index (χ4n) is 1.66. The molecule has 0 aromatic carbocycles. The van der Waals surface area contributed by atoms with Crippen LogP contribution in [-0.4, -0.2) is 16.9 Å². The van der Waals surface area contributed by atoms with Gasteiger partial charge >= 0.3 is 0 Å². The summed E-state index contributed by atoms with van der Waals surface area (Å²) in [6.45, 7) is 3.31. The van der Waals surface area contributed by atoms with Crippen LogP contribution in [-0.2, 0) is 9.59 Å². The van der Waals surface area contributed by atoms with Gasteiger partial charge in [-0.2, -0.15) is 5.26 Å². The van der Waals surface area contributed by atoms with Crippen molar-refractivity contribution in [2.24, 2.45) is 5.41 Å². The number of carbonyl (C=O) groups is 2. The monoisotopic (exact) mass is 275 g/mol. The van der Waals surface area contributed by atoms with Gasteiger partial charge in [0, 0.05) is 18.6 Å². The molecule has 1 rings (SSSR count). The first-order chi connectivity index (χ1) is 9.34. The molecule has 0 bridgehead atoms. The first kappa shape index (κ1) is 15.4. The zero-order chi connectivity index (χ0) is 15.2. The third-order valence-electron chi connectivity index (χ3n) is 2.51. The summed E-state index contributed by atoms with van der Waals surface area (Å²) in [6, 6.07) is 5.09. The standard InChI is InChI=1S/C13H16N4O3/c1-13(2,7-11(19)20)6-10(18)16-17-12-9(8-14)4-3-5-15-12/h3-5H,6-7H2,1-2H3,(H,15,17)(H,16,18)(H,19,20)/p-1. The minimum absolute atomic E-state index is 0.00268. The maximum absolute atomic E-state index is 11.7. The molecule has 0 saturated carbocycles. The third kappa shape index (κ3) is 4.94. The molecule has 106 valence electrons. The molecule has 0 atom stereocenters. The second-order valence-corrected chi connectivity index (χ2v) is 5.07. The van der Waals surface area contributed by atoms with Crippen LogP contribution in [0.4, 0.5) is 5.82 Å². The van der Waals surface area contributed by atoms with Crippen LogP contribution in [0.3, 0.4) is 0 Å². The Morgan fingerprint density at radius 3 is 2.75 bits per heavy atom. The number of hydrazine groups is 1. The lowest BCUT2D eigenvalue weighted by Gasteiger charge is -2.24. The van der Waals surface area contributed by atoms with E-state index in [1.54, 1.807) is 26.0 Å². The van der Waals surface area contributed by atoms with Crippen molar-refractivity contribution in [1.82, 2.24) is 10.4 Å². The van der Waals surface area contributed by atoms with E-state index < -0.39 is 17.3 Å². The van der Waals surface area contributed by atoms with Crippen molar-refractivity contribution in [1.29, 1.82) is 5.26 Å². The Kier molecular flexibility index (Phi) is 5.03. The molecule has 1 aromatic rings. The molecule has 0 aliphatic heterocycles. The van der Waals surface area contributed by atoms with Crippen LogP contribution in [0.2, 0.25) is 0 Å². The van der Waals surface area contributed by atoms with Gasteiger partial charge in [0.15, 0.2) is 5.82 Å². The van der Waals surface area contributed by atoms with Gasteiger partial charge < -0.3 is 9.90 Å². The van der Waals surface area contributed by atoms with Crippen LogP contribution < -0.4 is 16.0 Å². The summed E-state index contributed by atoms with van der Waals surface area (Å²) in [7, 11) is 0. The zero-order valence-electron chi connectivity index (χ0n) is 11.3. The van der Waals surface area contributed by atoms with Crippen molar-refractivity contribution < 1.29 is 14.7 Å². The third-order valence-corrected chi connectivity index (χ3v) is 2.51. The van der Waals surface area contributed by atoms with Gasteiger partial charge in [-0.1, -0.05) is 13.8 Å². The molecule has 20 heavy (non-hydrogen) atoms. The quantitative estimate of drug-likeness (QED) is 0.703. The van der Waals surface area contributed by atoms with E-state index in [4.69, 9.17) is 5.26 Å². The molecule has 0 aliphatic rings. The summed E-state index contributed by atoms with van der Waals surface area (Å²) >= 11 is 0. The number of anilines is 1. The van der Waals surface area contributed by atoms with Crippen molar-refractivity contribution in [2.75, 3.05) is 5.43 Å². The SMILES string of the molecule is CC(C)(CC(=O)[O-])CC(=O)NNc1ncccc1C#N. The molecular weight excluding hydrogens is 260 g/mol. The summed E-state index contributed by atoms with van der Waals surface area (Å²) in [6.07, 6.45) is 1.27. The average molecular weight is 275 g/mol. The van der Waals surface area contributed by atoms with Gasteiger partial charge in [-0.3, -0.25) is 15.6 Å². The van der Waals surface area contributed by atoms with Crippen molar-refractivity contribution in [3.8, 4) is 6.07 Å². The summed E-state index contributed by atoms with van der Waals surface area (Å²) in [5, 5.41) is 19.4. The normalized spacial score (nSPS) is 10.4. The Morgan fingerprint density at radius 2 is 2.15 bits per heavy atom. The average Bonchev–Trinajstić information content (AvgIpc) is 2.34. The fraction of sp³-hybridized carbons (Fsp3) is 0.385. The molecule has 0 radical (unpaired) electrons. The van der Waals surface area contributed by atoms with Gasteiger partial charge in [-0.05, 0) is 24.0 Å². The minimum Gasteiger partial charge on any atom is -0.550 e. The summed E-state index contributed by atoms with van der Waals surface area (Å²) in [5.74, 6) is -1.36. The van der Waals surface area contributed by atoms with Gasteiger partial charge in [0.2, 0.25) is 5.91 Å². The van der Waals surface area contributed by atoms with E-state index in [0.29, 0.717) is 5.56 Å². The van der Waals surface area contributed by atoms with E-state index in [2.05, 4.69) is 15.8 Å². The van der Waals surface area contributed by atoms with Crippen LogP contribution in [0.5, 0.6) is 0 Å². The number of amides is 1. The van der Waals surface area contributed by atoms with Gasteiger partial charge in [-0.25, -0.2) is 4.98 Å². The molecule has 7 heteroatoms. The molecular formula is C13H15N4O3-. The van der Waals surface area contributed by atoms with E-state index >= 15 is 0 Å². The van der Waals surface area contributed by atoms with Gasteiger partial charge in [-0.15, -0.1) is 0 Å². The first-order valence-electron chi connectivity index (χ1n) is 5.94. The molecule has 7 nitrogen and oxygen atoms in total. The highest BCUT2D eigenvalue weighted by Crippen LogP contribution is 2.24. The van der Waals surface area contributed by atoms with Crippen molar-refractivity contribution in [3.05, 3.63) is 23.9 Å². The predicted molar refractivity (Wildman–Crippen MR) is 68.7 cm³/mol. The summed E-state index contributed by atoms with van der Waals surface area (Å²) in [4.78, 5) is 26.2. The zero-order valence-corrected chi connectivity index (χ0v) is 11.3. The number of hydrogen-bond acceptors (Lipinski definition) is 6. The highest BCUT2D eigenvalue weighted by molar-refractivity contribution is 5.79. The molecule has 0 fully saturated rings. The smallest absolute Gasteiger partial charge is 0.238 e. The number of nitriles is 1. The number of pyridine rings is 1. The second kappa shape index (κ2) is 6.52. The van der Waals surface area contributed by atoms with Crippen LogP contribution >= 0.6 is 0 Å². The maximum atomic E-state index is 11.7. The number of carboxylic acids is 1. The minimum atomic E-state index is -1.20. The van der Waals surface area contributed by atoms with Gasteiger partial charge in [0.25, 0.3) is 0 Å². The highest BCUT2D eigenvalue weighted by Gasteiger charge is 2.22. The van der Waals surface area contributed by atoms with Gasteiger partial charge in [0.05, 0.1) is 5.56 Å². The van der Waals surface area contributed by atoms with Crippen LogP contribution in [0, 0.1) is 16.7 Å². The van der Waals surface area contributed by atoms with Crippen LogP contribution in [0.25, 0.3) is 0 Å². The maximum Gasteiger partial charge on any atom is 0.238 e. The predicted octanol–water partition coefficient (Wildman–Crippen LogP) is -0.0473. The van der Waals surface area contributed by atoms with Gasteiger partial charge in [0.1, 0.15) is 6.07 Å². The van der Waals surface area contributed by atoms with E-state index in [0.717, 1.165) is 0 Å². The lowest BCUT2D eigenvalue weighted by atomic mass is 9.85. The number of nitrogens with one attached hydrogen (secondary N) is 2. The van der Waals surface area contributed by atoms with Crippen molar-refractivity contribution in [3.63, 3.8) is 0 Å². The van der Waals surface area contributed by atoms with Crippen LogP contribution in [0.15, 0.2) is 18.3 Å². The summed E-state index contributed by atoms with van der Waals surface area (Å²) < 4.78 is 0. The molecule has 0 spiro atoms. The number of aromatic nitrogens is 1. The molecule has 0 aliphatic carbocycles. The topological polar surface area (TPSA) is 118 Å². The number of carbonyl (C=O) groups excluding carboxylic acids is 2. The van der Waals surface area contributed by atoms with E-state index in [1.807, 2.05) is 6.07 Å². The second-order valence-electron chi connectivity index (χ2n) is 5.07. The van der Waals surface area contributed by atoms with E-state index in [-0.39, 0.29) is 18.7 Å². The Labute approximate surface area is 116 Å². The Hall–Kier alpha value is -2.62. The lowest BCUT2D eigenvalue weighted by molar-refractivity contribution is -0.307. The van der Waals surface area contributed by atoms with E-state index in [9.17, 15) is 14.7 Å². The molecule has 2 N–H and O–H groups in total.